The highest BCUT2D eigenvalue weighted by molar-refractivity contribution is 8.00. The van der Waals surface area contributed by atoms with Crippen LogP contribution in [0.3, 0.4) is 0 Å². The van der Waals surface area contributed by atoms with E-state index in [2.05, 4.69) is 40.0 Å². The van der Waals surface area contributed by atoms with Crippen molar-refractivity contribution in [3.05, 3.63) is 40.3 Å². The summed E-state index contributed by atoms with van der Waals surface area (Å²) in [5.41, 5.74) is 4.11. The molecule has 1 aliphatic rings. The van der Waals surface area contributed by atoms with Gasteiger partial charge < -0.3 is 14.6 Å². The average molecular weight is 524 g/mol. The monoisotopic (exact) mass is 523 g/mol. The van der Waals surface area contributed by atoms with Gasteiger partial charge in [-0.3, -0.25) is 4.79 Å². The minimum absolute atomic E-state index is 0.189. The second-order valence-corrected chi connectivity index (χ2v) is 11.5. The smallest absolute Gasteiger partial charge is 0.341 e. The highest BCUT2D eigenvalue weighted by Crippen LogP contribution is 2.39. The van der Waals surface area contributed by atoms with Crippen molar-refractivity contribution in [3.8, 4) is 0 Å². The maximum Gasteiger partial charge on any atom is 0.341 e. The van der Waals surface area contributed by atoms with Crippen LogP contribution in [0.4, 0.5) is 5.00 Å². The molecule has 5 rings (SSSR count). The number of carbonyl (C=O) groups is 2. The number of esters is 1. The number of benzene rings is 1. The molecule has 0 radical (unpaired) electrons. The van der Waals surface area contributed by atoms with Crippen LogP contribution in [-0.4, -0.2) is 43.5 Å². The lowest BCUT2D eigenvalue weighted by Gasteiger charge is -2.13. The molecular formula is C26H29N5O3S2. The Morgan fingerprint density at radius 3 is 2.72 bits per heavy atom. The molecule has 0 fully saturated rings. The SMILES string of the molecule is CCOC(=O)c1c(NC(=O)C(C)Sc2nnc3c4ccccc4n(C(C)C)c3n2)sc2c1CCCC2. The van der Waals surface area contributed by atoms with Crippen LogP contribution < -0.4 is 5.32 Å². The quantitative estimate of drug-likeness (QED) is 0.241. The van der Waals surface area contributed by atoms with Crippen LogP contribution in [0.15, 0.2) is 29.4 Å². The molecule has 3 heterocycles. The summed E-state index contributed by atoms with van der Waals surface area (Å²) in [5, 5.41) is 13.3. The molecule has 1 aromatic carbocycles. The number of rotatable bonds is 7. The number of nitrogens with zero attached hydrogens (tertiary/aromatic N) is 4. The Morgan fingerprint density at radius 2 is 1.94 bits per heavy atom. The third-order valence-corrected chi connectivity index (χ3v) is 8.51. The van der Waals surface area contributed by atoms with Gasteiger partial charge in [0.05, 0.1) is 22.9 Å². The molecule has 1 atom stereocenters. The van der Waals surface area contributed by atoms with Gasteiger partial charge in [-0.2, -0.15) is 0 Å². The van der Waals surface area contributed by atoms with Crippen molar-refractivity contribution in [1.82, 2.24) is 19.7 Å². The fourth-order valence-electron chi connectivity index (χ4n) is 4.71. The van der Waals surface area contributed by atoms with Crippen molar-refractivity contribution < 1.29 is 14.3 Å². The Morgan fingerprint density at radius 1 is 1.17 bits per heavy atom. The summed E-state index contributed by atoms with van der Waals surface area (Å²) < 4.78 is 7.46. The van der Waals surface area contributed by atoms with Crippen LogP contribution >= 0.6 is 23.1 Å². The first kappa shape index (κ1) is 24.7. The van der Waals surface area contributed by atoms with E-state index in [9.17, 15) is 9.59 Å². The first-order chi connectivity index (χ1) is 17.4. The largest absolute Gasteiger partial charge is 0.462 e. The van der Waals surface area contributed by atoms with Gasteiger partial charge in [0.15, 0.2) is 5.65 Å². The highest BCUT2D eigenvalue weighted by Gasteiger charge is 2.28. The normalized spacial score (nSPS) is 14.2. The van der Waals surface area contributed by atoms with Crippen LogP contribution in [0.2, 0.25) is 0 Å². The number of nitrogens with one attached hydrogen (secondary N) is 1. The van der Waals surface area contributed by atoms with Crippen molar-refractivity contribution in [3.63, 3.8) is 0 Å². The molecule has 1 aliphatic carbocycles. The average Bonchev–Trinajstić information content (AvgIpc) is 3.39. The van der Waals surface area contributed by atoms with Crippen LogP contribution in [-0.2, 0) is 22.4 Å². The molecule has 188 valence electrons. The second kappa shape index (κ2) is 10.2. The first-order valence-electron chi connectivity index (χ1n) is 12.3. The summed E-state index contributed by atoms with van der Waals surface area (Å²) >= 11 is 2.74. The molecule has 10 heteroatoms. The molecule has 0 saturated heterocycles. The molecule has 0 bridgehead atoms. The van der Waals surface area contributed by atoms with Gasteiger partial charge in [-0.25, -0.2) is 9.78 Å². The molecular weight excluding hydrogens is 494 g/mol. The van der Waals surface area contributed by atoms with E-state index in [1.807, 2.05) is 25.1 Å². The Balaban J connectivity index is 1.40. The number of ether oxygens (including phenoxy) is 1. The van der Waals surface area contributed by atoms with Crippen molar-refractivity contribution >= 4 is 62.0 Å². The predicted octanol–water partition coefficient (Wildman–Crippen LogP) is 5.80. The van der Waals surface area contributed by atoms with Gasteiger partial charge in [0.2, 0.25) is 11.1 Å². The molecule has 0 spiro atoms. The zero-order chi connectivity index (χ0) is 25.4. The lowest BCUT2D eigenvalue weighted by atomic mass is 9.95. The number of aryl methyl sites for hydroxylation is 1. The second-order valence-electron chi connectivity index (χ2n) is 9.13. The number of hydrogen-bond donors (Lipinski definition) is 1. The maximum absolute atomic E-state index is 13.2. The van der Waals surface area contributed by atoms with Crippen molar-refractivity contribution in [2.75, 3.05) is 11.9 Å². The summed E-state index contributed by atoms with van der Waals surface area (Å²) in [4.78, 5) is 31.9. The van der Waals surface area contributed by atoms with E-state index in [0.29, 0.717) is 22.3 Å². The third kappa shape index (κ3) is 4.48. The number of amides is 1. The van der Waals surface area contributed by atoms with E-state index >= 15 is 0 Å². The molecule has 4 aromatic rings. The van der Waals surface area contributed by atoms with Crippen molar-refractivity contribution in [2.24, 2.45) is 0 Å². The summed E-state index contributed by atoms with van der Waals surface area (Å²) in [6.07, 6.45) is 3.89. The van der Waals surface area contributed by atoms with Gasteiger partial charge in [0.1, 0.15) is 10.5 Å². The number of carbonyl (C=O) groups excluding carboxylic acids is 2. The van der Waals surface area contributed by atoms with Crippen LogP contribution in [0.5, 0.6) is 0 Å². The van der Waals surface area contributed by atoms with E-state index in [1.165, 1.54) is 28.0 Å². The van der Waals surface area contributed by atoms with E-state index in [0.717, 1.165) is 53.3 Å². The van der Waals surface area contributed by atoms with Gasteiger partial charge in [-0.1, -0.05) is 30.0 Å². The fourth-order valence-corrected chi connectivity index (χ4v) is 6.70. The zero-order valence-electron chi connectivity index (χ0n) is 20.8. The molecule has 0 aliphatic heterocycles. The summed E-state index contributed by atoms with van der Waals surface area (Å²) in [5.74, 6) is -0.579. The van der Waals surface area contributed by atoms with Crippen molar-refractivity contribution in [2.45, 2.75) is 69.8 Å². The number of thioether (sulfide) groups is 1. The third-order valence-electron chi connectivity index (χ3n) is 6.35. The Bertz CT molecular complexity index is 1460. The first-order valence-corrected chi connectivity index (χ1v) is 14.0. The minimum Gasteiger partial charge on any atom is -0.462 e. The van der Waals surface area contributed by atoms with Crippen LogP contribution in [0.1, 0.15) is 67.4 Å². The Labute approximate surface area is 217 Å². The fraction of sp³-hybridized carbons (Fsp3) is 0.423. The summed E-state index contributed by atoms with van der Waals surface area (Å²) in [6.45, 7) is 8.11. The van der Waals surface area contributed by atoms with Crippen molar-refractivity contribution in [1.29, 1.82) is 0 Å². The molecule has 1 N–H and O–H groups in total. The van der Waals surface area contributed by atoms with E-state index in [-0.39, 0.29) is 17.9 Å². The van der Waals surface area contributed by atoms with Gasteiger partial charge in [0.25, 0.3) is 0 Å². The maximum atomic E-state index is 13.2. The zero-order valence-corrected chi connectivity index (χ0v) is 22.5. The van der Waals surface area contributed by atoms with E-state index in [1.54, 1.807) is 6.92 Å². The standard InChI is InChI=1S/C26H29N5O3S2/c1-5-34-25(33)20-17-11-7-9-13-19(17)36-24(20)28-23(32)15(4)35-26-27-22-21(29-30-26)16-10-6-8-12-18(16)31(22)14(2)3/h6,8,10,12,14-15H,5,7,9,11,13H2,1-4H3,(H,28,32). The minimum atomic E-state index is -0.490. The van der Waals surface area contributed by atoms with E-state index in [4.69, 9.17) is 9.72 Å². The number of aromatic nitrogens is 4. The number of hydrogen-bond acceptors (Lipinski definition) is 8. The number of para-hydroxylation sites is 1. The highest BCUT2D eigenvalue weighted by atomic mass is 32.2. The summed E-state index contributed by atoms with van der Waals surface area (Å²) in [6, 6.07) is 8.26. The molecule has 36 heavy (non-hydrogen) atoms. The molecule has 8 nitrogen and oxygen atoms in total. The summed E-state index contributed by atoms with van der Waals surface area (Å²) in [7, 11) is 0. The van der Waals surface area contributed by atoms with Gasteiger partial charge in [-0.15, -0.1) is 21.5 Å². The predicted molar refractivity (Wildman–Crippen MR) is 144 cm³/mol. The molecule has 3 aromatic heterocycles. The van der Waals surface area contributed by atoms with Crippen LogP contribution in [0.25, 0.3) is 22.1 Å². The lowest BCUT2D eigenvalue weighted by molar-refractivity contribution is -0.115. The van der Waals surface area contributed by atoms with Gasteiger partial charge in [-0.05, 0) is 65.0 Å². The number of anilines is 1. The topological polar surface area (TPSA) is 99.0 Å². The van der Waals surface area contributed by atoms with Gasteiger partial charge >= 0.3 is 5.97 Å². The molecule has 1 amide bonds. The number of fused-ring (bicyclic) bond motifs is 4. The Hall–Kier alpha value is -2.98. The van der Waals surface area contributed by atoms with E-state index < -0.39 is 5.25 Å². The number of thiophene rings is 1. The molecule has 0 saturated carbocycles. The van der Waals surface area contributed by atoms with Crippen LogP contribution in [0, 0.1) is 0 Å². The Kier molecular flexibility index (Phi) is 6.98. The van der Waals surface area contributed by atoms with Gasteiger partial charge in [0, 0.05) is 16.3 Å². The lowest BCUT2D eigenvalue weighted by Crippen LogP contribution is -2.23. The molecule has 1 unspecified atom stereocenters.